The highest BCUT2D eigenvalue weighted by molar-refractivity contribution is 5.83. The standard InChI is InChI=1S/C15H19F3N4O/c16-15(17,18)11-6-4-10(5-7-11)13-3-1-2-8-22(13)14(23)12-9-19-21-20-12/h4-7,12-13,19-21H,1-3,8-9H2. The Bertz CT molecular complexity index is 555. The fourth-order valence-electron chi connectivity index (χ4n) is 3.13. The largest absolute Gasteiger partial charge is 0.416 e. The molecule has 2 atom stereocenters. The lowest BCUT2D eigenvalue weighted by Crippen LogP contribution is -2.49. The van der Waals surface area contributed by atoms with Gasteiger partial charge >= 0.3 is 6.18 Å². The molecule has 2 unspecified atom stereocenters. The minimum atomic E-state index is -4.34. The fourth-order valence-corrected chi connectivity index (χ4v) is 3.13. The molecule has 2 aliphatic rings. The van der Waals surface area contributed by atoms with Crippen molar-refractivity contribution in [2.45, 2.75) is 37.5 Å². The van der Waals surface area contributed by atoms with Gasteiger partial charge in [0.05, 0.1) is 11.6 Å². The van der Waals surface area contributed by atoms with Crippen molar-refractivity contribution in [3.63, 3.8) is 0 Å². The van der Waals surface area contributed by atoms with E-state index < -0.39 is 11.7 Å². The van der Waals surface area contributed by atoms with E-state index in [-0.39, 0.29) is 18.0 Å². The highest BCUT2D eigenvalue weighted by atomic mass is 19.4. The molecule has 3 N–H and O–H groups in total. The molecule has 2 fully saturated rings. The lowest BCUT2D eigenvalue weighted by atomic mass is 9.93. The maximum absolute atomic E-state index is 12.7. The Labute approximate surface area is 132 Å². The summed E-state index contributed by atoms with van der Waals surface area (Å²) in [5.74, 6) is -0.0351. The van der Waals surface area contributed by atoms with E-state index in [0.29, 0.717) is 13.1 Å². The zero-order valence-corrected chi connectivity index (χ0v) is 12.5. The lowest BCUT2D eigenvalue weighted by molar-refractivity contribution is -0.138. The number of halogens is 3. The van der Waals surface area contributed by atoms with Gasteiger partial charge in [0, 0.05) is 13.1 Å². The van der Waals surface area contributed by atoms with E-state index in [1.54, 1.807) is 4.90 Å². The highest BCUT2D eigenvalue weighted by Crippen LogP contribution is 2.34. The van der Waals surface area contributed by atoms with Crippen molar-refractivity contribution in [2.75, 3.05) is 13.1 Å². The van der Waals surface area contributed by atoms with Crippen LogP contribution in [0, 0.1) is 0 Å². The number of hydrogen-bond acceptors (Lipinski definition) is 4. The highest BCUT2D eigenvalue weighted by Gasteiger charge is 2.34. The van der Waals surface area contributed by atoms with Crippen LogP contribution in [-0.4, -0.2) is 29.9 Å². The van der Waals surface area contributed by atoms with Crippen LogP contribution in [0.2, 0.25) is 0 Å². The minimum absolute atomic E-state index is 0.0351. The van der Waals surface area contributed by atoms with Gasteiger partial charge in [-0.25, -0.2) is 10.9 Å². The van der Waals surface area contributed by atoms with E-state index in [2.05, 4.69) is 16.4 Å². The summed E-state index contributed by atoms with van der Waals surface area (Å²) in [6.07, 6.45) is -1.70. The molecule has 3 rings (SSSR count). The van der Waals surface area contributed by atoms with Crippen LogP contribution in [-0.2, 0) is 11.0 Å². The van der Waals surface area contributed by atoms with Crippen molar-refractivity contribution in [3.05, 3.63) is 35.4 Å². The van der Waals surface area contributed by atoms with E-state index in [1.807, 2.05) is 0 Å². The van der Waals surface area contributed by atoms with E-state index in [0.717, 1.165) is 37.0 Å². The van der Waals surface area contributed by atoms with Crippen molar-refractivity contribution >= 4 is 5.91 Å². The first-order valence-electron chi connectivity index (χ1n) is 7.68. The number of piperidine rings is 1. The monoisotopic (exact) mass is 328 g/mol. The number of nitrogens with one attached hydrogen (secondary N) is 3. The van der Waals surface area contributed by atoms with Gasteiger partial charge in [-0.15, -0.1) is 0 Å². The summed E-state index contributed by atoms with van der Waals surface area (Å²) < 4.78 is 38.1. The molecule has 126 valence electrons. The summed E-state index contributed by atoms with van der Waals surface area (Å²) in [5.41, 5.74) is 8.48. The molecule has 0 bridgehead atoms. The summed E-state index contributed by atoms with van der Waals surface area (Å²) in [7, 11) is 0. The predicted molar refractivity (Wildman–Crippen MR) is 77.8 cm³/mol. The van der Waals surface area contributed by atoms with Crippen molar-refractivity contribution in [1.82, 2.24) is 21.3 Å². The van der Waals surface area contributed by atoms with Gasteiger partial charge in [0.25, 0.3) is 0 Å². The molecule has 1 aromatic rings. The van der Waals surface area contributed by atoms with Gasteiger partial charge in [0.1, 0.15) is 6.04 Å². The van der Waals surface area contributed by atoms with Crippen molar-refractivity contribution in [1.29, 1.82) is 0 Å². The van der Waals surface area contributed by atoms with Gasteiger partial charge in [0.2, 0.25) is 5.91 Å². The maximum Gasteiger partial charge on any atom is 0.416 e. The van der Waals surface area contributed by atoms with Gasteiger partial charge < -0.3 is 4.90 Å². The van der Waals surface area contributed by atoms with Crippen LogP contribution in [0.1, 0.15) is 36.4 Å². The first kappa shape index (κ1) is 16.2. The van der Waals surface area contributed by atoms with Crippen LogP contribution in [0.3, 0.4) is 0 Å². The Balaban J connectivity index is 1.79. The zero-order valence-electron chi connectivity index (χ0n) is 12.5. The average molecular weight is 328 g/mol. The number of benzene rings is 1. The Morgan fingerprint density at radius 3 is 2.52 bits per heavy atom. The van der Waals surface area contributed by atoms with E-state index in [4.69, 9.17) is 0 Å². The molecule has 0 saturated carbocycles. The summed E-state index contributed by atoms with van der Waals surface area (Å²) >= 11 is 0. The zero-order chi connectivity index (χ0) is 16.4. The Hall–Kier alpha value is -1.64. The normalized spacial score (nSPS) is 25.6. The van der Waals surface area contributed by atoms with Crippen molar-refractivity contribution < 1.29 is 18.0 Å². The van der Waals surface area contributed by atoms with Crippen LogP contribution in [0.15, 0.2) is 24.3 Å². The number of carbonyl (C=O) groups is 1. The number of rotatable bonds is 2. The van der Waals surface area contributed by atoms with Crippen molar-refractivity contribution in [3.8, 4) is 0 Å². The maximum atomic E-state index is 12.7. The van der Waals surface area contributed by atoms with Gasteiger partial charge in [-0.05, 0) is 37.0 Å². The molecule has 0 spiro atoms. The topological polar surface area (TPSA) is 56.4 Å². The number of alkyl halides is 3. The Kier molecular flexibility index (Phi) is 4.56. The number of likely N-dealkylation sites (tertiary alicyclic amines) is 1. The molecule has 2 heterocycles. The lowest BCUT2D eigenvalue weighted by Gasteiger charge is -2.37. The van der Waals surface area contributed by atoms with Gasteiger partial charge in [-0.2, -0.15) is 18.7 Å². The first-order chi connectivity index (χ1) is 11.0. The molecule has 8 heteroatoms. The second-order valence-corrected chi connectivity index (χ2v) is 5.87. The second kappa shape index (κ2) is 6.46. The SMILES string of the molecule is O=C(C1CNNN1)N1CCCCC1c1ccc(C(F)(F)F)cc1. The molecule has 0 aliphatic carbocycles. The predicted octanol–water partition coefficient (Wildman–Crippen LogP) is 1.74. The summed E-state index contributed by atoms with van der Waals surface area (Å²) in [6, 6.07) is 4.62. The molecule has 0 radical (unpaired) electrons. The third-order valence-corrected chi connectivity index (χ3v) is 4.35. The van der Waals surface area contributed by atoms with E-state index in [9.17, 15) is 18.0 Å². The summed E-state index contributed by atoms with van der Waals surface area (Å²) in [6.45, 7) is 1.11. The van der Waals surface area contributed by atoms with Crippen molar-refractivity contribution in [2.24, 2.45) is 0 Å². The van der Waals surface area contributed by atoms with E-state index >= 15 is 0 Å². The number of hydrazine groups is 2. The van der Waals surface area contributed by atoms with Gasteiger partial charge in [-0.1, -0.05) is 12.1 Å². The summed E-state index contributed by atoms with van der Waals surface area (Å²) in [5, 5.41) is 0. The molecule has 2 aliphatic heterocycles. The second-order valence-electron chi connectivity index (χ2n) is 5.87. The number of carbonyl (C=O) groups excluding carboxylic acids is 1. The Morgan fingerprint density at radius 2 is 1.91 bits per heavy atom. The van der Waals surface area contributed by atoms with Gasteiger partial charge in [0.15, 0.2) is 0 Å². The molecule has 0 aromatic heterocycles. The first-order valence-corrected chi connectivity index (χ1v) is 7.68. The number of hydrogen-bond donors (Lipinski definition) is 3. The quantitative estimate of drug-likeness (QED) is 0.774. The molecule has 5 nitrogen and oxygen atoms in total. The third kappa shape index (κ3) is 3.49. The van der Waals surface area contributed by atoms with Crippen LogP contribution in [0.5, 0.6) is 0 Å². The van der Waals surface area contributed by atoms with Crippen LogP contribution in [0.4, 0.5) is 13.2 Å². The van der Waals surface area contributed by atoms with Crippen LogP contribution in [0.25, 0.3) is 0 Å². The number of nitrogens with zero attached hydrogens (tertiary/aromatic N) is 1. The molecule has 23 heavy (non-hydrogen) atoms. The molecule has 1 aromatic carbocycles. The number of amides is 1. The molecule has 2 saturated heterocycles. The van der Waals surface area contributed by atoms with Crippen LogP contribution >= 0.6 is 0 Å². The fraction of sp³-hybridized carbons (Fsp3) is 0.533. The molecular formula is C15H19F3N4O. The Morgan fingerprint density at radius 1 is 1.17 bits per heavy atom. The van der Waals surface area contributed by atoms with Crippen LogP contribution < -0.4 is 16.4 Å². The minimum Gasteiger partial charge on any atom is -0.334 e. The third-order valence-electron chi connectivity index (χ3n) is 4.35. The average Bonchev–Trinajstić information content (AvgIpc) is 3.08. The molecular weight excluding hydrogens is 309 g/mol. The van der Waals surface area contributed by atoms with E-state index in [1.165, 1.54) is 12.1 Å². The smallest absolute Gasteiger partial charge is 0.334 e. The summed E-state index contributed by atoms with van der Waals surface area (Å²) in [4.78, 5) is 14.4. The van der Waals surface area contributed by atoms with Gasteiger partial charge in [-0.3, -0.25) is 4.79 Å². The molecule has 1 amide bonds.